The van der Waals surface area contributed by atoms with Gasteiger partial charge < -0.3 is 10.5 Å². The van der Waals surface area contributed by atoms with E-state index in [-0.39, 0.29) is 33.4 Å². The van der Waals surface area contributed by atoms with Crippen LogP contribution in [0.3, 0.4) is 0 Å². The SMILES string of the molecule is Nc1c2c(cc(=O)n1-c1ccc(OC(F)F)c(Cl)c1)C(=O)NC2=O. The fourth-order valence-electron chi connectivity index (χ4n) is 2.37. The third-order valence-electron chi connectivity index (χ3n) is 3.34. The number of benzene rings is 1. The lowest BCUT2D eigenvalue weighted by Gasteiger charge is -2.13. The van der Waals surface area contributed by atoms with Gasteiger partial charge in [0.1, 0.15) is 11.6 Å². The van der Waals surface area contributed by atoms with Gasteiger partial charge in [0.15, 0.2) is 0 Å². The summed E-state index contributed by atoms with van der Waals surface area (Å²) < 4.78 is 29.6. The smallest absolute Gasteiger partial charge is 0.387 e. The van der Waals surface area contributed by atoms with Gasteiger partial charge in [-0.3, -0.25) is 24.3 Å². The number of aromatic nitrogens is 1. The van der Waals surface area contributed by atoms with Gasteiger partial charge in [0.2, 0.25) is 0 Å². The van der Waals surface area contributed by atoms with Gasteiger partial charge in [-0.1, -0.05) is 11.6 Å². The highest BCUT2D eigenvalue weighted by atomic mass is 35.5. The second-order valence-electron chi connectivity index (χ2n) is 4.77. The summed E-state index contributed by atoms with van der Waals surface area (Å²) in [4.78, 5) is 35.6. The molecule has 24 heavy (non-hydrogen) atoms. The molecule has 10 heteroatoms. The second-order valence-corrected chi connectivity index (χ2v) is 5.18. The van der Waals surface area contributed by atoms with E-state index in [4.69, 9.17) is 17.3 Å². The first-order chi connectivity index (χ1) is 11.3. The van der Waals surface area contributed by atoms with Crippen LogP contribution in [0, 0.1) is 0 Å². The number of alkyl halides is 2. The molecule has 1 aromatic carbocycles. The van der Waals surface area contributed by atoms with Crippen LogP contribution in [0.5, 0.6) is 5.75 Å². The third-order valence-corrected chi connectivity index (χ3v) is 3.64. The number of hydrogen-bond donors (Lipinski definition) is 2. The van der Waals surface area contributed by atoms with Crippen molar-refractivity contribution in [1.82, 2.24) is 9.88 Å². The molecule has 2 heterocycles. The zero-order valence-corrected chi connectivity index (χ0v) is 12.4. The number of nitrogens with one attached hydrogen (secondary N) is 1. The number of carbonyl (C=O) groups excluding carboxylic acids is 2. The minimum absolute atomic E-state index is 0.123. The van der Waals surface area contributed by atoms with E-state index in [1.54, 1.807) is 0 Å². The van der Waals surface area contributed by atoms with E-state index in [2.05, 4.69) is 4.74 Å². The molecule has 0 atom stereocenters. The van der Waals surface area contributed by atoms with Crippen LogP contribution in [-0.2, 0) is 0 Å². The molecule has 1 aromatic heterocycles. The van der Waals surface area contributed by atoms with Crippen molar-refractivity contribution in [3.63, 3.8) is 0 Å². The van der Waals surface area contributed by atoms with Gasteiger partial charge in [0, 0.05) is 6.07 Å². The molecule has 2 aromatic rings. The maximum atomic E-state index is 12.2. The van der Waals surface area contributed by atoms with Crippen molar-refractivity contribution in [1.29, 1.82) is 0 Å². The van der Waals surface area contributed by atoms with E-state index in [1.807, 2.05) is 5.32 Å². The van der Waals surface area contributed by atoms with Crippen molar-refractivity contribution in [2.75, 3.05) is 5.73 Å². The minimum atomic E-state index is -3.06. The molecule has 3 N–H and O–H groups in total. The molecule has 0 unspecified atom stereocenters. The quantitative estimate of drug-likeness (QED) is 0.813. The molecule has 1 aliphatic heterocycles. The third kappa shape index (κ3) is 2.48. The van der Waals surface area contributed by atoms with Crippen LogP contribution in [0.25, 0.3) is 5.69 Å². The molecule has 0 saturated heterocycles. The van der Waals surface area contributed by atoms with Gasteiger partial charge in [0.25, 0.3) is 17.4 Å². The molecule has 1 aliphatic rings. The fraction of sp³-hybridized carbons (Fsp3) is 0.0714. The highest BCUT2D eigenvalue weighted by molar-refractivity contribution is 6.32. The Hall–Kier alpha value is -2.94. The molecule has 3 rings (SSSR count). The monoisotopic (exact) mass is 355 g/mol. The number of anilines is 1. The molecule has 7 nitrogen and oxygen atoms in total. The van der Waals surface area contributed by atoms with Gasteiger partial charge in [-0.2, -0.15) is 8.78 Å². The van der Waals surface area contributed by atoms with Gasteiger partial charge in [-0.25, -0.2) is 0 Å². The lowest BCUT2D eigenvalue weighted by Crippen LogP contribution is -2.24. The molecule has 124 valence electrons. The van der Waals surface area contributed by atoms with Crippen LogP contribution in [0.4, 0.5) is 14.6 Å². The number of carbonyl (C=O) groups is 2. The summed E-state index contributed by atoms with van der Waals surface area (Å²) in [7, 11) is 0. The first kappa shape index (κ1) is 15.9. The van der Waals surface area contributed by atoms with Crippen LogP contribution in [0.1, 0.15) is 20.7 Å². The van der Waals surface area contributed by atoms with Crippen LogP contribution in [0.2, 0.25) is 5.02 Å². The van der Waals surface area contributed by atoms with E-state index >= 15 is 0 Å². The molecule has 0 spiro atoms. The second kappa shape index (κ2) is 5.60. The number of pyridine rings is 1. The predicted molar refractivity (Wildman–Crippen MR) is 79.9 cm³/mol. The Labute approximate surface area is 137 Å². The van der Waals surface area contributed by atoms with Crippen molar-refractivity contribution in [2.45, 2.75) is 6.61 Å². The first-order valence-electron chi connectivity index (χ1n) is 6.45. The Kier molecular flexibility index (Phi) is 3.72. The zero-order valence-electron chi connectivity index (χ0n) is 11.7. The molecule has 0 saturated carbocycles. The van der Waals surface area contributed by atoms with Crippen LogP contribution in [-0.4, -0.2) is 23.0 Å². The highest BCUT2D eigenvalue weighted by Crippen LogP contribution is 2.30. The summed E-state index contributed by atoms with van der Waals surface area (Å²) in [6.45, 7) is -3.06. The molecule has 0 fully saturated rings. The van der Waals surface area contributed by atoms with Crippen molar-refractivity contribution in [3.8, 4) is 11.4 Å². The number of imide groups is 1. The van der Waals surface area contributed by atoms with E-state index in [0.717, 1.165) is 16.7 Å². The Bertz CT molecular complexity index is 942. The minimum Gasteiger partial charge on any atom is -0.433 e. The lowest BCUT2D eigenvalue weighted by atomic mass is 10.1. The number of nitrogens with zero attached hydrogens (tertiary/aromatic N) is 1. The summed E-state index contributed by atoms with van der Waals surface area (Å²) in [6.07, 6.45) is 0. The lowest BCUT2D eigenvalue weighted by molar-refractivity contribution is -0.0497. The maximum absolute atomic E-state index is 12.2. The molecule has 2 amide bonds. The molecule has 0 aliphatic carbocycles. The van der Waals surface area contributed by atoms with E-state index in [9.17, 15) is 23.2 Å². The maximum Gasteiger partial charge on any atom is 0.387 e. The highest BCUT2D eigenvalue weighted by Gasteiger charge is 2.31. The average molecular weight is 356 g/mol. The molecule has 0 bridgehead atoms. The van der Waals surface area contributed by atoms with Crippen LogP contribution < -0.4 is 21.3 Å². The predicted octanol–water partition coefficient (Wildman–Crippen LogP) is 1.56. The van der Waals surface area contributed by atoms with Gasteiger partial charge in [-0.05, 0) is 18.2 Å². The number of hydrogen-bond acceptors (Lipinski definition) is 5. The van der Waals surface area contributed by atoms with E-state index in [0.29, 0.717) is 0 Å². The average Bonchev–Trinajstić information content (AvgIpc) is 2.76. The zero-order chi connectivity index (χ0) is 17.6. The van der Waals surface area contributed by atoms with Crippen molar-refractivity contribution in [3.05, 3.63) is 50.8 Å². The van der Waals surface area contributed by atoms with E-state index < -0.39 is 24.0 Å². The Morgan fingerprint density at radius 3 is 2.50 bits per heavy atom. The van der Waals surface area contributed by atoms with Gasteiger partial charge >= 0.3 is 6.61 Å². The van der Waals surface area contributed by atoms with Gasteiger partial charge in [-0.15, -0.1) is 0 Å². The molecular formula is C14H8ClF2N3O4. The fourth-order valence-corrected chi connectivity index (χ4v) is 2.59. The molecule has 0 radical (unpaired) electrons. The number of ether oxygens (including phenoxy) is 1. The largest absolute Gasteiger partial charge is 0.433 e. The van der Waals surface area contributed by atoms with Gasteiger partial charge in [0.05, 0.1) is 21.8 Å². The number of amides is 2. The topological polar surface area (TPSA) is 103 Å². The first-order valence-corrected chi connectivity index (χ1v) is 6.83. The number of nitrogens with two attached hydrogens (primary N) is 1. The number of nitrogen functional groups attached to an aromatic ring is 1. The van der Waals surface area contributed by atoms with E-state index in [1.165, 1.54) is 12.1 Å². The van der Waals surface area contributed by atoms with Crippen LogP contribution >= 0.6 is 11.6 Å². The van der Waals surface area contributed by atoms with Crippen molar-refractivity contribution < 1.29 is 23.1 Å². The molecular weight excluding hydrogens is 348 g/mol. The standard InChI is InChI=1S/C14H8ClF2N3O4/c15-7-3-5(1-2-8(7)24-14(16)17)20-9(21)4-6-10(11(20)18)13(23)19-12(6)22/h1-4,14H,18H2,(H,19,22,23). The summed E-state index contributed by atoms with van der Waals surface area (Å²) in [5.74, 6) is -2.00. The summed E-state index contributed by atoms with van der Waals surface area (Å²) in [5.41, 5.74) is 5.03. The number of fused-ring (bicyclic) bond motifs is 1. The summed E-state index contributed by atoms with van der Waals surface area (Å²) in [6, 6.07) is 4.54. The summed E-state index contributed by atoms with van der Waals surface area (Å²) in [5, 5.41) is 1.85. The summed E-state index contributed by atoms with van der Waals surface area (Å²) >= 11 is 5.85. The Morgan fingerprint density at radius 1 is 1.17 bits per heavy atom. The Morgan fingerprint density at radius 2 is 1.88 bits per heavy atom. The van der Waals surface area contributed by atoms with Crippen molar-refractivity contribution in [2.24, 2.45) is 0 Å². The van der Waals surface area contributed by atoms with Crippen molar-refractivity contribution >= 4 is 29.2 Å². The number of rotatable bonds is 3. The van der Waals surface area contributed by atoms with Crippen LogP contribution in [0.15, 0.2) is 29.1 Å². The normalized spacial score (nSPS) is 13.2. The Balaban J connectivity index is 2.16. The number of halogens is 3.